The summed E-state index contributed by atoms with van der Waals surface area (Å²) in [7, 11) is 0. The number of aryl methyl sites for hydroxylation is 2. The Morgan fingerprint density at radius 2 is 1.73 bits per heavy atom. The van der Waals surface area contributed by atoms with Crippen LogP contribution in [0.2, 0.25) is 0 Å². The first-order chi connectivity index (χ1) is 17.5. The van der Waals surface area contributed by atoms with E-state index >= 15 is 0 Å². The second-order valence-electron chi connectivity index (χ2n) is 8.45. The van der Waals surface area contributed by atoms with Gasteiger partial charge in [0.1, 0.15) is 5.82 Å². The number of rotatable bonds is 13. The maximum Gasteiger partial charge on any atom is 0.336 e. The highest BCUT2D eigenvalue weighted by Gasteiger charge is 2.40. The van der Waals surface area contributed by atoms with Gasteiger partial charge in [0.2, 0.25) is 0 Å². The smallest absolute Gasteiger partial charge is 0.336 e. The average molecular weight is 536 g/mol. The lowest BCUT2D eigenvalue weighted by Crippen LogP contribution is -2.42. The molecule has 0 fully saturated rings. The molecular formula is C25H30FN3O7S. The highest BCUT2D eigenvalue weighted by atomic mass is 32.1. The molecule has 0 aliphatic carbocycles. The second-order valence-corrected chi connectivity index (χ2v) is 9.82. The molecule has 37 heavy (non-hydrogen) atoms. The zero-order valence-electron chi connectivity index (χ0n) is 20.3. The fourth-order valence-corrected chi connectivity index (χ4v) is 4.41. The van der Waals surface area contributed by atoms with Gasteiger partial charge in [0, 0.05) is 53.9 Å². The van der Waals surface area contributed by atoms with Crippen molar-refractivity contribution < 1.29 is 39.2 Å². The van der Waals surface area contributed by atoms with Gasteiger partial charge in [-0.25, -0.2) is 14.2 Å². The van der Waals surface area contributed by atoms with Crippen LogP contribution in [0.1, 0.15) is 34.6 Å². The first-order valence-corrected chi connectivity index (χ1v) is 12.2. The first-order valence-electron chi connectivity index (χ1n) is 11.3. The minimum atomic E-state index is -2.74. The van der Waals surface area contributed by atoms with Crippen LogP contribution in [0.5, 0.6) is 0 Å². The van der Waals surface area contributed by atoms with Crippen LogP contribution in [0, 0.1) is 12.7 Å². The molecule has 0 bridgehead atoms. The third-order valence-corrected chi connectivity index (χ3v) is 6.25. The van der Waals surface area contributed by atoms with Gasteiger partial charge < -0.3 is 25.0 Å². The Kier molecular flexibility index (Phi) is 11.4. The summed E-state index contributed by atoms with van der Waals surface area (Å²) in [4.78, 5) is 39.5. The van der Waals surface area contributed by atoms with Crippen LogP contribution >= 0.6 is 11.3 Å². The molecule has 2 aromatic heterocycles. The number of hydrogen-bond acceptors (Lipinski definition) is 7. The van der Waals surface area contributed by atoms with Crippen LogP contribution in [0.3, 0.4) is 0 Å². The van der Waals surface area contributed by atoms with Gasteiger partial charge in [-0.3, -0.25) is 14.5 Å². The monoisotopic (exact) mass is 535 g/mol. The van der Waals surface area contributed by atoms with E-state index in [1.165, 1.54) is 15.8 Å². The Balaban J connectivity index is 0.000000317. The standard InChI is InChI=1S/C19H22FN3S.C6H8O7/c1-16-7-8-18(24-16)14-23(11-4-10-22-12-9-21-15-22)13-17-5-2-3-6-19(17)20;7-3(8)1-6(13,5(11)12)2-4(9)10/h2-3,5-9,12,15H,4,10-11,13-14H2,1H3;13H,1-2H2,(H,7,8)(H,9,10)(H,11,12). The Morgan fingerprint density at radius 1 is 1.05 bits per heavy atom. The molecule has 3 rings (SSSR count). The van der Waals surface area contributed by atoms with Gasteiger partial charge in [-0.1, -0.05) is 18.2 Å². The summed E-state index contributed by atoms with van der Waals surface area (Å²) in [6, 6.07) is 11.4. The van der Waals surface area contributed by atoms with Crippen LogP contribution in [-0.4, -0.2) is 64.9 Å². The van der Waals surface area contributed by atoms with E-state index in [0.717, 1.165) is 31.6 Å². The van der Waals surface area contributed by atoms with Gasteiger partial charge in [0.05, 0.1) is 19.2 Å². The molecule has 200 valence electrons. The molecule has 0 radical (unpaired) electrons. The number of nitrogens with zero attached hydrogens (tertiary/aromatic N) is 3. The molecule has 10 nitrogen and oxygen atoms in total. The van der Waals surface area contributed by atoms with Gasteiger partial charge in [-0.15, -0.1) is 11.3 Å². The van der Waals surface area contributed by atoms with Crippen molar-refractivity contribution in [2.75, 3.05) is 6.54 Å². The van der Waals surface area contributed by atoms with E-state index in [1.807, 2.05) is 36.0 Å². The van der Waals surface area contributed by atoms with E-state index < -0.39 is 36.4 Å². The van der Waals surface area contributed by atoms with Crippen molar-refractivity contribution in [1.29, 1.82) is 0 Å². The number of carboxylic acids is 3. The van der Waals surface area contributed by atoms with Crippen molar-refractivity contribution in [3.63, 3.8) is 0 Å². The highest BCUT2D eigenvalue weighted by Crippen LogP contribution is 2.20. The summed E-state index contributed by atoms with van der Waals surface area (Å²) in [6.07, 6.45) is 4.33. The summed E-state index contributed by atoms with van der Waals surface area (Å²) >= 11 is 1.81. The highest BCUT2D eigenvalue weighted by molar-refractivity contribution is 7.11. The summed E-state index contributed by atoms with van der Waals surface area (Å²) in [5, 5.41) is 33.8. The molecule has 0 unspecified atom stereocenters. The molecule has 0 saturated carbocycles. The molecule has 1 aromatic carbocycles. The molecule has 12 heteroatoms. The minimum absolute atomic E-state index is 0.125. The Labute approximate surface area is 217 Å². The number of imidazole rings is 1. The van der Waals surface area contributed by atoms with Gasteiger partial charge in [0.25, 0.3) is 0 Å². The van der Waals surface area contributed by atoms with E-state index in [0.29, 0.717) is 6.54 Å². The van der Waals surface area contributed by atoms with Crippen LogP contribution in [-0.2, 0) is 34.0 Å². The average Bonchev–Trinajstić information content (AvgIpc) is 3.46. The van der Waals surface area contributed by atoms with Crippen LogP contribution < -0.4 is 0 Å². The lowest BCUT2D eigenvalue weighted by atomic mass is 9.96. The number of hydrogen-bond donors (Lipinski definition) is 4. The molecular weight excluding hydrogens is 505 g/mol. The summed E-state index contributed by atoms with van der Waals surface area (Å²) < 4.78 is 16.1. The number of aromatic nitrogens is 2. The number of thiophene rings is 1. The zero-order chi connectivity index (χ0) is 27.4. The predicted octanol–water partition coefficient (Wildman–Crippen LogP) is 3.24. The molecule has 0 amide bonds. The molecule has 0 saturated heterocycles. The number of aliphatic hydroxyl groups is 1. The molecule has 0 aliphatic heterocycles. The van der Waals surface area contributed by atoms with E-state index in [1.54, 1.807) is 12.3 Å². The van der Waals surface area contributed by atoms with E-state index in [4.69, 9.17) is 20.4 Å². The van der Waals surface area contributed by atoms with E-state index in [-0.39, 0.29) is 5.82 Å². The molecule has 0 aliphatic rings. The summed E-state index contributed by atoms with van der Waals surface area (Å²) in [6.45, 7) is 5.46. The Morgan fingerprint density at radius 3 is 2.24 bits per heavy atom. The lowest BCUT2D eigenvalue weighted by molar-refractivity contribution is -0.170. The maximum absolute atomic E-state index is 14.0. The zero-order valence-corrected chi connectivity index (χ0v) is 21.1. The minimum Gasteiger partial charge on any atom is -0.481 e. The Bertz CT molecular complexity index is 1150. The van der Waals surface area contributed by atoms with E-state index in [2.05, 4.69) is 33.5 Å². The fourth-order valence-electron chi connectivity index (χ4n) is 3.48. The largest absolute Gasteiger partial charge is 0.481 e. The van der Waals surface area contributed by atoms with Crippen molar-refractivity contribution in [3.05, 3.63) is 76.3 Å². The molecule has 3 aromatic rings. The number of carbonyl (C=O) groups is 3. The number of benzene rings is 1. The van der Waals surface area contributed by atoms with Crippen LogP contribution in [0.25, 0.3) is 0 Å². The van der Waals surface area contributed by atoms with Crippen molar-refractivity contribution >= 4 is 29.2 Å². The van der Waals surface area contributed by atoms with Gasteiger partial charge in [0.15, 0.2) is 5.60 Å². The summed E-state index contributed by atoms with van der Waals surface area (Å²) in [5.41, 5.74) is -1.98. The van der Waals surface area contributed by atoms with Crippen molar-refractivity contribution in [3.8, 4) is 0 Å². The lowest BCUT2D eigenvalue weighted by Gasteiger charge is -2.22. The Hall–Kier alpha value is -3.61. The van der Waals surface area contributed by atoms with Crippen molar-refractivity contribution in [2.24, 2.45) is 0 Å². The molecule has 0 atom stereocenters. The third kappa shape index (κ3) is 10.5. The van der Waals surface area contributed by atoms with Gasteiger partial charge in [-0.05, 0) is 31.5 Å². The van der Waals surface area contributed by atoms with Gasteiger partial charge in [-0.2, -0.15) is 0 Å². The van der Waals surface area contributed by atoms with Gasteiger partial charge >= 0.3 is 17.9 Å². The molecule has 0 spiro atoms. The number of carboxylic acid groups (broad SMARTS) is 3. The fraction of sp³-hybridized carbons (Fsp3) is 0.360. The third-order valence-electron chi connectivity index (χ3n) is 5.26. The second kappa shape index (κ2) is 14.2. The number of aliphatic carboxylic acids is 3. The first kappa shape index (κ1) is 29.6. The molecule has 4 N–H and O–H groups in total. The quantitative estimate of drug-likeness (QED) is 0.258. The predicted molar refractivity (Wildman–Crippen MR) is 134 cm³/mol. The van der Waals surface area contributed by atoms with Crippen molar-refractivity contribution in [2.45, 2.75) is 51.4 Å². The molecule has 2 heterocycles. The topological polar surface area (TPSA) is 153 Å². The van der Waals surface area contributed by atoms with Crippen molar-refractivity contribution in [1.82, 2.24) is 14.5 Å². The van der Waals surface area contributed by atoms with Crippen LogP contribution in [0.15, 0.2) is 55.1 Å². The maximum atomic E-state index is 14.0. The summed E-state index contributed by atoms with van der Waals surface area (Å²) in [5.74, 6) is -5.14. The normalized spacial score (nSPS) is 11.1. The number of halogens is 1. The van der Waals surface area contributed by atoms with Crippen LogP contribution in [0.4, 0.5) is 4.39 Å². The van der Waals surface area contributed by atoms with E-state index in [9.17, 15) is 18.8 Å². The SMILES string of the molecule is Cc1ccc(CN(CCCn2ccnc2)Cc2ccccc2F)s1.O=C(O)CC(O)(CC(=O)O)C(=O)O.